The van der Waals surface area contributed by atoms with Crippen LogP contribution in [0.3, 0.4) is 0 Å². The molecule has 0 saturated heterocycles. The molecule has 0 fully saturated rings. The van der Waals surface area contributed by atoms with Gasteiger partial charge in [0.15, 0.2) is 0 Å². The second kappa shape index (κ2) is 8.77. The zero-order valence-electron chi connectivity index (χ0n) is 18.2. The Bertz CT molecular complexity index is 1180. The number of nitrogens with one attached hydrogen (secondary N) is 1. The molecule has 7 nitrogen and oxygen atoms in total. The molecule has 162 valence electrons. The molecule has 0 bridgehead atoms. The molecule has 3 rings (SSSR count). The van der Waals surface area contributed by atoms with E-state index in [0.29, 0.717) is 22.7 Å². The molecule has 0 unspecified atom stereocenters. The van der Waals surface area contributed by atoms with Crippen LogP contribution >= 0.6 is 0 Å². The highest BCUT2D eigenvalue weighted by molar-refractivity contribution is 7.92. The largest absolute Gasteiger partial charge is 0.378 e. The summed E-state index contributed by atoms with van der Waals surface area (Å²) in [6, 6.07) is 14.6. The maximum atomic E-state index is 13.0. The summed E-state index contributed by atoms with van der Waals surface area (Å²) in [5.74, 6) is -0.216. The number of benzene rings is 2. The topological polar surface area (TPSA) is 82.1 Å². The van der Waals surface area contributed by atoms with E-state index in [2.05, 4.69) is 9.82 Å². The summed E-state index contributed by atoms with van der Waals surface area (Å²) >= 11 is 0. The Kier molecular flexibility index (Phi) is 6.31. The van der Waals surface area contributed by atoms with Gasteiger partial charge in [0.1, 0.15) is 0 Å². The van der Waals surface area contributed by atoms with Crippen molar-refractivity contribution in [3.63, 3.8) is 0 Å². The molecular weight excluding hydrogens is 412 g/mol. The van der Waals surface area contributed by atoms with Gasteiger partial charge in [-0.05, 0) is 61.4 Å². The van der Waals surface area contributed by atoms with Gasteiger partial charge in [0, 0.05) is 25.5 Å². The van der Waals surface area contributed by atoms with Crippen LogP contribution in [0.15, 0.2) is 70.9 Å². The molecule has 2 aromatic rings. The van der Waals surface area contributed by atoms with Crippen LogP contribution in [0.25, 0.3) is 6.08 Å². The fraction of sp³-hybridized carbons (Fsp3) is 0.217. The monoisotopic (exact) mass is 438 g/mol. The van der Waals surface area contributed by atoms with Crippen molar-refractivity contribution in [2.75, 3.05) is 35.0 Å². The first-order chi connectivity index (χ1) is 14.5. The Hall–Kier alpha value is -3.39. The number of allylic oxidation sites excluding steroid dienone is 2. The second-order valence-electron chi connectivity index (χ2n) is 7.60. The van der Waals surface area contributed by atoms with E-state index in [-0.39, 0.29) is 5.91 Å². The highest BCUT2D eigenvalue weighted by atomic mass is 32.2. The number of carbonyl (C=O) groups is 1. The lowest BCUT2D eigenvalue weighted by molar-refractivity contribution is -0.114. The van der Waals surface area contributed by atoms with Crippen molar-refractivity contribution in [2.24, 2.45) is 5.10 Å². The van der Waals surface area contributed by atoms with Crippen LogP contribution in [0.5, 0.6) is 0 Å². The van der Waals surface area contributed by atoms with Gasteiger partial charge in [-0.3, -0.25) is 9.52 Å². The van der Waals surface area contributed by atoms with E-state index in [1.54, 1.807) is 31.2 Å². The number of rotatable bonds is 6. The molecule has 31 heavy (non-hydrogen) atoms. The lowest BCUT2D eigenvalue weighted by atomic mass is 10.0. The minimum Gasteiger partial charge on any atom is -0.378 e. The standard InChI is InChI=1S/C23H26N4O3S/c1-16(6-7-18-8-12-20(13-9-18)26(3)4)22-17(2)24-27(23(22)28)21-14-10-19(11-15-21)25-31(5,29)30/h6-15,25H,1-5H3/b7-6?,22-16+. The summed E-state index contributed by atoms with van der Waals surface area (Å²) in [5.41, 5.74) is 5.16. The number of hydrazone groups is 1. The quantitative estimate of drug-likeness (QED) is 0.694. The molecule has 8 heteroatoms. The highest BCUT2D eigenvalue weighted by Crippen LogP contribution is 2.27. The third kappa shape index (κ3) is 5.40. The van der Waals surface area contributed by atoms with E-state index in [9.17, 15) is 13.2 Å². The molecule has 2 aromatic carbocycles. The van der Waals surface area contributed by atoms with E-state index in [1.165, 1.54) is 5.01 Å². The second-order valence-corrected chi connectivity index (χ2v) is 9.35. The van der Waals surface area contributed by atoms with Crippen LogP contribution in [0, 0.1) is 0 Å². The SMILES string of the molecule is CC1=NN(c2ccc(NS(C)(=O)=O)cc2)C(=O)/C1=C(\C)C=Cc1ccc(N(C)C)cc1. The van der Waals surface area contributed by atoms with E-state index in [1.807, 2.05) is 62.3 Å². The van der Waals surface area contributed by atoms with Gasteiger partial charge in [0.2, 0.25) is 10.0 Å². The number of hydrogen-bond donors (Lipinski definition) is 1. The van der Waals surface area contributed by atoms with E-state index in [0.717, 1.165) is 23.1 Å². The van der Waals surface area contributed by atoms with Crippen molar-refractivity contribution in [3.05, 3.63) is 71.3 Å². The third-order valence-corrected chi connectivity index (χ3v) is 5.37. The van der Waals surface area contributed by atoms with Crippen LogP contribution in [0.2, 0.25) is 0 Å². The summed E-state index contributed by atoms with van der Waals surface area (Å²) < 4.78 is 25.1. The maximum absolute atomic E-state index is 13.0. The van der Waals surface area contributed by atoms with Crippen LogP contribution in [-0.4, -0.2) is 40.4 Å². The highest BCUT2D eigenvalue weighted by Gasteiger charge is 2.29. The predicted molar refractivity (Wildman–Crippen MR) is 128 cm³/mol. The Labute approximate surface area is 183 Å². The predicted octanol–water partition coefficient (Wildman–Crippen LogP) is 3.88. The van der Waals surface area contributed by atoms with Gasteiger partial charge in [-0.2, -0.15) is 10.1 Å². The average Bonchev–Trinajstić information content (AvgIpc) is 3.00. The number of amides is 1. The number of anilines is 3. The first-order valence-electron chi connectivity index (χ1n) is 9.69. The molecule has 1 heterocycles. The zero-order chi connectivity index (χ0) is 22.8. The molecule has 0 saturated carbocycles. The van der Waals surface area contributed by atoms with Gasteiger partial charge in [-0.25, -0.2) is 8.42 Å². The molecule has 1 amide bonds. The summed E-state index contributed by atoms with van der Waals surface area (Å²) in [5, 5.41) is 5.73. The van der Waals surface area contributed by atoms with Gasteiger partial charge >= 0.3 is 0 Å². The van der Waals surface area contributed by atoms with Crippen molar-refractivity contribution in [2.45, 2.75) is 13.8 Å². The number of nitrogens with zero attached hydrogens (tertiary/aromatic N) is 3. The molecule has 1 aliphatic heterocycles. The zero-order valence-corrected chi connectivity index (χ0v) is 19.1. The van der Waals surface area contributed by atoms with Gasteiger partial charge < -0.3 is 4.90 Å². The maximum Gasteiger partial charge on any atom is 0.280 e. The number of hydrogen-bond acceptors (Lipinski definition) is 5. The fourth-order valence-electron chi connectivity index (χ4n) is 3.21. The van der Waals surface area contributed by atoms with E-state index < -0.39 is 10.0 Å². The van der Waals surface area contributed by atoms with E-state index >= 15 is 0 Å². The minimum absolute atomic E-state index is 0.216. The molecule has 1 N–H and O–H groups in total. The summed E-state index contributed by atoms with van der Waals surface area (Å²) in [6.45, 7) is 3.69. The first kappa shape index (κ1) is 22.3. The first-order valence-corrected chi connectivity index (χ1v) is 11.6. The molecule has 1 aliphatic rings. The lowest BCUT2D eigenvalue weighted by Gasteiger charge is -2.13. The molecule has 0 spiro atoms. The van der Waals surface area contributed by atoms with Crippen molar-refractivity contribution >= 4 is 44.8 Å². The van der Waals surface area contributed by atoms with E-state index in [4.69, 9.17) is 0 Å². The van der Waals surface area contributed by atoms with Crippen molar-refractivity contribution in [1.29, 1.82) is 0 Å². The van der Waals surface area contributed by atoms with Crippen LogP contribution < -0.4 is 14.6 Å². The third-order valence-electron chi connectivity index (χ3n) is 4.76. The summed E-state index contributed by atoms with van der Waals surface area (Å²) in [6.07, 6.45) is 4.97. The van der Waals surface area contributed by atoms with Gasteiger partial charge in [-0.15, -0.1) is 0 Å². The Morgan fingerprint density at radius 1 is 1.06 bits per heavy atom. The smallest absolute Gasteiger partial charge is 0.280 e. The normalized spacial score (nSPS) is 16.0. The molecule has 0 aliphatic carbocycles. The van der Waals surface area contributed by atoms with Crippen molar-refractivity contribution < 1.29 is 13.2 Å². The molecule has 0 atom stereocenters. The van der Waals surface area contributed by atoms with Crippen LogP contribution in [0.4, 0.5) is 17.1 Å². The fourth-order valence-corrected chi connectivity index (χ4v) is 3.77. The number of sulfonamides is 1. The Morgan fingerprint density at radius 2 is 1.68 bits per heavy atom. The van der Waals surface area contributed by atoms with Crippen molar-refractivity contribution in [1.82, 2.24) is 0 Å². The Morgan fingerprint density at radius 3 is 2.23 bits per heavy atom. The molecule has 0 aromatic heterocycles. The van der Waals surface area contributed by atoms with Gasteiger partial charge in [0.05, 0.1) is 23.2 Å². The minimum atomic E-state index is -3.36. The molecular formula is C23H26N4O3S. The molecule has 0 radical (unpaired) electrons. The van der Waals surface area contributed by atoms with Crippen LogP contribution in [-0.2, 0) is 14.8 Å². The average molecular weight is 439 g/mol. The summed E-state index contributed by atoms with van der Waals surface area (Å²) in [7, 11) is 0.629. The van der Waals surface area contributed by atoms with Crippen LogP contribution in [0.1, 0.15) is 19.4 Å². The number of carbonyl (C=O) groups excluding carboxylic acids is 1. The van der Waals surface area contributed by atoms with Gasteiger partial charge in [0.25, 0.3) is 5.91 Å². The van der Waals surface area contributed by atoms with Gasteiger partial charge in [-0.1, -0.05) is 24.3 Å². The lowest BCUT2D eigenvalue weighted by Crippen LogP contribution is -2.22. The van der Waals surface area contributed by atoms with Crippen molar-refractivity contribution in [3.8, 4) is 0 Å². The Balaban J connectivity index is 1.80. The summed E-state index contributed by atoms with van der Waals surface area (Å²) in [4.78, 5) is 15.0.